The molecule has 0 saturated carbocycles. The Morgan fingerprint density at radius 1 is 1.36 bits per heavy atom. The first-order chi connectivity index (χ1) is 10.6. The van der Waals surface area contributed by atoms with Gasteiger partial charge in [-0.25, -0.2) is 9.97 Å². The average molecular weight is 319 g/mol. The minimum atomic E-state index is -0.310. The number of halogens is 1. The molecule has 1 atom stereocenters. The number of rotatable bonds is 3. The van der Waals surface area contributed by atoms with Crippen LogP contribution < -0.4 is 10.2 Å². The van der Waals surface area contributed by atoms with Crippen LogP contribution in [0.4, 0.5) is 11.6 Å². The number of hydrogen-bond acceptors (Lipinski definition) is 5. The highest BCUT2D eigenvalue weighted by molar-refractivity contribution is 6.32. The molecular weight excluding hydrogens is 304 g/mol. The molecule has 0 radical (unpaired) electrons. The molecule has 3 rings (SSSR count). The molecule has 1 aliphatic rings. The third-order valence-corrected chi connectivity index (χ3v) is 3.88. The molecule has 1 aliphatic heterocycles. The van der Waals surface area contributed by atoms with Crippen molar-refractivity contribution >= 4 is 29.1 Å². The first-order valence-electron chi connectivity index (χ1n) is 6.98. The maximum absolute atomic E-state index is 12.5. The summed E-state index contributed by atoms with van der Waals surface area (Å²) >= 11 is 5.85. The topological polar surface area (TPSA) is 78.4 Å². The van der Waals surface area contributed by atoms with E-state index >= 15 is 0 Å². The smallest absolute Gasteiger partial charge is 0.247 e. The molecular formula is C15H15ClN4O2. The molecule has 22 heavy (non-hydrogen) atoms. The van der Waals surface area contributed by atoms with E-state index in [0.717, 1.165) is 19.4 Å². The predicted octanol–water partition coefficient (Wildman–Crippen LogP) is 2.44. The number of aromatic hydroxyl groups is 1. The van der Waals surface area contributed by atoms with Gasteiger partial charge in [0.2, 0.25) is 11.9 Å². The zero-order valence-electron chi connectivity index (χ0n) is 11.7. The standard InChI is InChI=1S/C15H15ClN4O2/c16-11-9-10(4-5-13(11)21)19-14(22)12-3-1-8-20(12)15-17-6-2-7-18-15/h2,4-7,9,12,21H,1,3,8H2,(H,19,22)/t12-/m1/s1. The second kappa shape index (κ2) is 6.19. The van der Waals surface area contributed by atoms with E-state index in [1.54, 1.807) is 24.5 Å². The fourth-order valence-corrected chi connectivity index (χ4v) is 2.71. The summed E-state index contributed by atoms with van der Waals surface area (Å²) in [6, 6.07) is 6.01. The van der Waals surface area contributed by atoms with Crippen molar-refractivity contribution in [1.29, 1.82) is 0 Å². The number of benzene rings is 1. The van der Waals surface area contributed by atoms with Crippen molar-refractivity contribution in [2.24, 2.45) is 0 Å². The molecule has 0 spiro atoms. The highest BCUT2D eigenvalue weighted by Gasteiger charge is 2.32. The number of amides is 1. The maximum Gasteiger partial charge on any atom is 0.247 e. The third kappa shape index (κ3) is 2.96. The third-order valence-electron chi connectivity index (χ3n) is 3.58. The lowest BCUT2D eigenvalue weighted by Crippen LogP contribution is -2.40. The SMILES string of the molecule is O=C(Nc1ccc(O)c(Cl)c1)[C@H]1CCCN1c1ncccn1. The fourth-order valence-electron chi connectivity index (χ4n) is 2.53. The lowest BCUT2D eigenvalue weighted by molar-refractivity contribution is -0.117. The fraction of sp³-hybridized carbons (Fsp3) is 0.267. The van der Waals surface area contributed by atoms with Crippen LogP contribution in [0.3, 0.4) is 0 Å². The van der Waals surface area contributed by atoms with Crippen molar-refractivity contribution in [2.75, 3.05) is 16.8 Å². The Labute approximate surface area is 132 Å². The van der Waals surface area contributed by atoms with E-state index in [0.29, 0.717) is 11.6 Å². The molecule has 2 aromatic rings. The maximum atomic E-state index is 12.5. The van der Waals surface area contributed by atoms with Crippen molar-refractivity contribution in [3.8, 4) is 5.75 Å². The van der Waals surface area contributed by atoms with Gasteiger partial charge in [0.15, 0.2) is 0 Å². The number of anilines is 2. The van der Waals surface area contributed by atoms with Crippen LogP contribution in [0.1, 0.15) is 12.8 Å². The van der Waals surface area contributed by atoms with Crippen molar-refractivity contribution in [2.45, 2.75) is 18.9 Å². The Kier molecular flexibility index (Phi) is 4.11. The minimum Gasteiger partial charge on any atom is -0.506 e. The second-order valence-electron chi connectivity index (χ2n) is 5.06. The highest BCUT2D eigenvalue weighted by Crippen LogP contribution is 2.27. The summed E-state index contributed by atoms with van der Waals surface area (Å²) in [4.78, 5) is 22.8. The zero-order chi connectivity index (χ0) is 15.5. The molecule has 7 heteroatoms. The van der Waals surface area contributed by atoms with E-state index in [9.17, 15) is 9.90 Å². The van der Waals surface area contributed by atoms with Gasteiger partial charge in [0.1, 0.15) is 11.8 Å². The number of phenols is 1. The van der Waals surface area contributed by atoms with E-state index in [-0.39, 0.29) is 22.7 Å². The normalized spacial score (nSPS) is 17.5. The van der Waals surface area contributed by atoms with Crippen molar-refractivity contribution in [3.05, 3.63) is 41.7 Å². The summed E-state index contributed by atoms with van der Waals surface area (Å²) in [6.07, 6.45) is 4.98. The molecule has 0 bridgehead atoms. The predicted molar refractivity (Wildman–Crippen MR) is 84.1 cm³/mol. The quantitative estimate of drug-likeness (QED) is 0.850. The van der Waals surface area contributed by atoms with Crippen LogP contribution in [0.5, 0.6) is 5.75 Å². The van der Waals surface area contributed by atoms with Crippen LogP contribution in [0.15, 0.2) is 36.7 Å². The molecule has 0 aliphatic carbocycles. The van der Waals surface area contributed by atoms with Gasteiger partial charge in [0.05, 0.1) is 5.02 Å². The number of hydrogen-bond donors (Lipinski definition) is 2. The van der Waals surface area contributed by atoms with Gasteiger partial charge in [-0.15, -0.1) is 0 Å². The van der Waals surface area contributed by atoms with Crippen LogP contribution >= 0.6 is 11.6 Å². The summed E-state index contributed by atoms with van der Waals surface area (Å²) in [5, 5.41) is 12.4. The van der Waals surface area contributed by atoms with Gasteiger partial charge in [0.25, 0.3) is 0 Å². The van der Waals surface area contributed by atoms with Gasteiger partial charge in [-0.3, -0.25) is 4.79 Å². The zero-order valence-corrected chi connectivity index (χ0v) is 12.5. The van der Waals surface area contributed by atoms with Gasteiger partial charge in [-0.05, 0) is 37.1 Å². The Morgan fingerprint density at radius 2 is 2.14 bits per heavy atom. The van der Waals surface area contributed by atoms with Gasteiger partial charge >= 0.3 is 0 Å². The molecule has 1 aromatic heterocycles. The molecule has 6 nitrogen and oxygen atoms in total. The number of carbonyl (C=O) groups excluding carboxylic acids is 1. The molecule has 114 valence electrons. The van der Waals surface area contributed by atoms with Crippen molar-refractivity contribution < 1.29 is 9.90 Å². The van der Waals surface area contributed by atoms with E-state index < -0.39 is 0 Å². The summed E-state index contributed by atoms with van der Waals surface area (Å²) < 4.78 is 0. The number of nitrogens with zero attached hydrogens (tertiary/aromatic N) is 3. The number of aromatic nitrogens is 2. The Hall–Kier alpha value is -2.34. The molecule has 1 saturated heterocycles. The van der Waals surface area contributed by atoms with E-state index in [1.165, 1.54) is 12.1 Å². The second-order valence-corrected chi connectivity index (χ2v) is 5.46. The Bertz CT molecular complexity index is 680. The number of phenolic OH excluding ortho intramolecular Hbond substituents is 1. The Balaban J connectivity index is 1.75. The molecule has 2 heterocycles. The number of carbonyl (C=O) groups is 1. The molecule has 2 N–H and O–H groups in total. The first kappa shape index (κ1) is 14.6. The monoisotopic (exact) mass is 318 g/mol. The molecule has 1 amide bonds. The number of nitrogens with one attached hydrogen (secondary N) is 1. The Morgan fingerprint density at radius 3 is 2.86 bits per heavy atom. The molecule has 0 unspecified atom stereocenters. The molecule has 1 fully saturated rings. The van der Waals surface area contributed by atoms with Crippen molar-refractivity contribution in [1.82, 2.24) is 9.97 Å². The van der Waals surface area contributed by atoms with Gasteiger partial charge in [-0.2, -0.15) is 0 Å². The largest absolute Gasteiger partial charge is 0.506 e. The summed E-state index contributed by atoms with van der Waals surface area (Å²) in [5.74, 6) is 0.412. The summed E-state index contributed by atoms with van der Waals surface area (Å²) in [6.45, 7) is 0.748. The van der Waals surface area contributed by atoms with Crippen LogP contribution in [0.2, 0.25) is 5.02 Å². The lowest BCUT2D eigenvalue weighted by Gasteiger charge is -2.23. The first-order valence-corrected chi connectivity index (χ1v) is 7.36. The van der Waals surface area contributed by atoms with Gasteiger partial charge in [0, 0.05) is 24.6 Å². The van der Waals surface area contributed by atoms with E-state index in [2.05, 4.69) is 15.3 Å². The van der Waals surface area contributed by atoms with E-state index in [1.807, 2.05) is 4.90 Å². The van der Waals surface area contributed by atoms with Crippen LogP contribution in [0.25, 0.3) is 0 Å². The summed E-state index contributed by atoms with van der Waals surface area (Å²) in [7, 11) is 0. The van der Waals surface area contributed by atoms with Crippen LogP contribution in [0, 0.1) is 0 Å². The average Bonchev–Trinajstić information content (AvgIpc) is 3.01. The lowest BCUT2D eigenvalue weighted by atomic mass is 10.2. The summed E-state index contributed by atoms with van der Waals surface area (Å²) in [5.41, 5.74) is 0.550. The minimum absolute atomic E-state index is 0.0140. The van der Waals surface area contributed by atoms with Gasteiger partial charge in [-0.1, -0.05) is 11.6 Å². The highest BCUT2D eigenvalue weighted by atomic mass is 35.5. The van der Waals surface area contributed by atoms with Crippen molar-refractivity contribution in [3.63, 3.8) is 0 Å². The molecule has 1 aromatic carbocycles. The van der Waals surface area contributed by atoms with Crippen LogP contribution in [-0.4, -0.2) is 33.6 Å². The van der Waals surface area contributed by atoms with Crippen LogP contribution in [-0.2, 0) is 4.79 Å². The van der Waals surface area contributed by atoms with Gasteiger partial charge < -0.3 is 15.3 Å². The van der Waals surface area contributed by atoms with E-state index in [4.69, 9.17) is 11.6 Å².